The van der Waals surface area contributed by atoms with Gasteiger partial charge in [-0.2, -0.15) is 4.98 Å². The number of ether oxygens (including phenoxy) is 1. The highest BCUT2D eigenvalue weighted by Crippen LogP contribution is 2.22. The summed E-state index contributed by atoms with van der Waals surface area (Å²) in [5.41, 5.74) is 3.47. The van der Waals surface area contributed by atoms with Gasteiger partial charge in [0.25, 0.3) is 0 Å². The quantitative estimate of drug-likeness (QED) is 0.676. The summed E-state index contributed by atoms with van der Waals surface area (Å²) in [6.45, 7) is -0.428. The van der Waals surface area contributed by atoms with Gasteiger partial charge in [0.1, 0.15) is 0 Å². The standard InChI is InChI=1S/C8H10FN3O4S/c9-4-1-12(8(14)11-7(4)10)5-3-17(15)6(2-13)16-5/h1,5-6,13H,2-3H2,(H2,10,11,14)/t5-,6+,17+/m1/s1. The third-order valence-electron chi connectivity index (χ3n) is 2.30. The van der Waals surface area contributed by atoms with Crippen LogP contribution in [0, 0.1) is 5.82 Å². The van der Waals surface area contributed by atoms with Gasteiger partial charge in [-0.15, -0.1) is 0 Å². The minimum Gasteiger partial charge on any atom is -0.393 e. The van der Waals surface area contributed by atoms with E-state index >= 15 is 0 Å². The van der Waals surface area contributed by atoms with E-state index in [4.69, 9.17) is 15.6 Å². The number of aromatic nitrogens is 2. The second-order valence-electron chi connectivity index (χ2n) is 3.41. The largest absolute Gasteiger partial charge is 0.393 e. The molecule has 0 aromatic carbocycles. The molecule has 94 valence electrons. The van der Waals surface area contributed by atoms with E-state index in [1.807, 2.05) is 0 Å². The van der Waals surface area contributed by atoms with Crippen molar-refractivity contribution in [2.24, 2.45) is 0 Å². The summed E-state index contributed by atoms with van der Waals surface area (Å²) in [6, 6.07) is 0. The Labute approximate surface area is 97.5 Å². The third-order valence-corrected chi connectivity index (χ3v) is 3.76. The maximum atomic E-state index is 13.2. The Morgan fingerprint density at radius 3 is 3.06 bits per heavy atom. The van der Waals surface area contributed by atoms with Gasteiger partial charge in [-0.25, -0.2) is 9.18 Å². The topological polar surface area (TPSA) is 107 Å². The Hall–Kier alpha value is -1.32. The first-order valence-corrected chi connectivity index (χ1v) is 6.08. The Balaban J connectivity index is 2.34. The van der Waals surface area contributed by atoms with Crippen LogP contribution in [0.2, 0.25) is 0 Å². The molecule has 2 heterocycles. The molecule has 0 bridgehead atoms. The van der Waals surface area contributed by atoms with E-state index in [0.717, 1.165) is 10.8 Å². The molecule has 0 amide bonds. The molecule has 1 saturated heterocycles. The zero-order valence-corrected chi connectivity index (χ0v) is 9.39. The van der Waals surface area contributed by atoms with Crippen molar-refractivity contribution in [3.63, 3.8) is 0 Å². The first kappa shape index (κ1) is 12.1. The Kier molecular flexibility index (Phi) is 3.22. The van der Waals surface area contributed by atoms with Gasteiger partial charge in [0.05, 0.1) is 29.4 Å². The van der Waals surface area contributed by atoms with Crippen LogP contribution in [0.4, 0.5) is 10.2 Å². The maximum Gasteiger partial charge on any atom is 0.351 e. The van der Waals surface area contributed by atoms with Gasteiger partial charge in [0.2, 0.25) is 0 Å². The number of aliphatic hydroxyl groups excluding tert-OH is 1. The van der Waals surface area contributed by atoms with E-state index in [1.54, 1.807) is 0 Å². The number of rotatable bonds is 2. The van der Waals surface area contributed by atoms with E-state index < -0.39 is 46.4 Å². The smallest absolute Gasteiger partial charge is 0.351 e. The minimum atomic E-state index is -1.42. The predicted octanol–water partition coefficient (Wildman–Crippen LogP) is -1.44. The summed E-state index contributed by atoms with van der Waals surface area (Å²) in [5.74, 6) is -1.36. The fraction of sp³-hybridized carbons (Fsp3) is 0.500. The lowest BCUT2D eigenvalue weighted by Crippen LogP contribution is -2.29. The Bertz CT molecular complexity index is 520. The SMILES string of the molecule is Nc1nc(=O)n([C@H]2C[S@](=O)[C@@H](CO)O2)cc1F. The van der Waals surface area contributed by atoms with Crippen LogP contribution in [0.25, 0.3) is 0 Å². The van der Waals surface area contributed by atoms with Crippen molar-refractivity contribution in [3.8, 4) is 0 Å². The van der Waals surface area contributed by atoms with Crippen molar-refractivity contribution in [2.75, 3.05) is 18.1 Å². The summed E-state index contributed by atoms with van der Waals surface area (Å²) in [5, 5.41) is 8.85. The van der Waals surface area contributed by atoms with E-state index in [1.165, 1.54) is 0 Å². The number of nitrogens with zero attached hydrogens (tertiary/aromatic N) is 2. The van der Waals surface area contributed by atoms with Gasteiger partial charge in [0.15, 0.2) is 23.3 Å². The number of nitrogens with two attached hydrogens (primary N) is 1. The van der Waals surface area contributed by atoms with Crippen LogP contribution in [0.5, 0.6) is 0 Å². The third kappa shape index (κ3) is 2.21. The lowest BCUT2D eigenvalue weighted by molar-refractivity contribution is -0.00750. The summed E-state index contributed by atoms with van der Waals surface area (Å²) in [7, 11) is -1.42. The predicted molar refractivity (Wildman–Crippen MR) is 56.9 cm³/mol. The first-order valence-electron chi connectivity index (χ1n) is 4.70. The monoisotopic (exact) mass is 263 g/mol. The highest BCUT2D eigenvalue weighted by molar-refractivity contribution is 7.85. The van der Waals surface area contributed by atoms with E-state index in [9.17, 15) is 13.4 Å². The van der Waals surface area contributed by atoms with Crippen LogP contribution in [0.1, 0.15) is 6.23 Å². The van der Waals surface area contributed by atoms with Crippen molar-refractivity contribution in [1.29, 1.82) is 0 Å². The molecule has 0 aliphatic carbocycles. The molecule has 0 saturated carbocycles. The number of halogens is 1. The summed E-state index contributed by atoms with van der Waals surface area (Å²) >= 11 is 0. The molecule has 0 spiro atoms. The molecule has 0 unspecified atom stereocenters. The van der Waals surface area contributed by atoms with Crippen molar-refractivity contribution >= 4 is 16.6 Å². The van der Waals surface area contributed by atoms with Gasteiger partial charge in [0, 0.05) is 0 Å². The van der Waals surface area contributed by atoms with Gasteiger partial charge in [-0.3, -0.25) is 8.78 Å². The molecular weight excluding hydrogens is 253 g/mol. The highest BCUT2D eigenvalue weighted by Gasteiger charge is 2.33. The van der Waals surface area contributed by atoms with Gasteiger partial charge in [-0.05, 0) is 0 Å². The lowest BCUT2D eigenvalue weighted by Gasteiger charge is -2.13. The van der Waals surface area contributed by atoms with Gasteiger partial charge in [-0.1, -0.05) is 0 Å². The fourth-order valence-corrected chi connectivity index (χ4v) is 2.61. The molecule has 1 fully saturated rings. The number of anilines is 1. The minimum absolute atomic E-state index is 0.00380. The zero-order chi connectivity index (χ0) is 12.6. The zero-order valence-electron chi connectivity index (χ0n) is 8.58. The number of hydrogen-bond acceptors (Lipinski definition) is 6. The van der Waals surface area contributed by atoms with Crippen LogP contribution in [-0.2, 0) is 15.5 Å². The maximum absolute atomic E-state index is 13.2. The Morgan fingerprint density at radius 2 is 2.47 bits per heavy atom. The van der Waals surface area contributed by atoms with Gasteiger partial charge >= 0.3 is 5.69 Å². The molecular formula is C8H10FN3O4S. The highest BCUT2D eigenvalue weighted by atomic mass is 32.2. The van der Waals surface area contributed by atoms with Crippen LogP contribution < -0.4 is 11.4 Å². The van der Waals surface area contributed by atoms with Crippen LogP contribution >= 0.6 is 0 Å². The van der Waals surface area contributed by atoms with E-state index in [2.05, 4.69) is 4.98 Å². The summed E-state index contributed by atoms with van der Waals surface area (Å²) < 4.78 is 30.6. The summed E-state index contributed by atoms with van der Waals surface area (Å²) in [6.07, 6.45) is -0.0465. The molecule has 2 rings (SSSR count). The number of hydrogen-bond donors (Lipinski definition) is 2. The van der Waals surface area contributed by atoms with Crippen LogP contribution in [0.15, 0.2) is 11.0 Å². The normalized spacial score (nSPS) is 28.5. The first-order chi connectivity index (χ1) is 8.02. The average molecular weight is 263 g/mol. The van der Waals surface area contributed by atoms with Gasteiger partial charge < -0.3 is 15.6 Å². The molecule has 3 atom stereocenters. The van der Waals surface area contributed by atoms with Crippen molar-refractivity contribution in [1.82, 2.24) is 9.55 Å². The van der Waals surface area contributed by atoms with Crippen molar-refractivity contribution in [2.45, 2.75) is 11.7 Å². The molecule has 3 N–H and O–H groups in total. The number of nitrogen functional groups attached to an aromatic ring is 1. The van der Waals surface area contributed by atoms with Crippen LogP contribution in [0.3, 0.4) is 0 Å². The van der Waals surface area contributed by atoms with Crippen molar-refractivity contribution < 1.29 is 18.4 Å². The second-order valence-corrected chi connectivity index (χ2v) is 5.03. The van der Waals surface area contributed by atoms with E-state index in [-0.39, 0.29) is 5.75 Å². The number of aliphatic hydroxyl groups is 1. The molecule has 17 heavy (non-hydrogen) atoms. The molecule has 7 nitrogen and oxygen atoms in total. The molecule has 1 aromatic rings. The molecule has 1 aliphatic rings. The second kappa shape index (κ2) is 4.51. The lowest BCUT2D eigenvalue weighted by atomic mass is 10.5. The van der Waals surface area contributed by atoms with E-state index in [0.29, 0.717) is 0 Å². The van der Waals surface area contributed by atoms with Crippen LogP contribution in [-0.4, -0.2) is 36.7 Å². The summed E-state index contributed by atoms with van der Waals surface area (Å²) in [4.78, 5) is 14.7. The molecule has 0 radical (unpaired) electrons. The molecule has 9 heteroatoms. The van der Waals surface area contributed by atoms with Crippen molar-refractivity contribution in [3.05, 3.63) is 22.5 Å². The molecule has 1 aromatic heterocycles. The average Bonchev–Trinajstić information content (AvgIpc) is 2.65. The Morgan fingerprint density at radius 1 is 1.76 bits per heavy atom. The fourth-order valence-electron chi connectivity index (χ4n) is 1.46. The molecule has 1 aliphatic heterocycles.